The fraction of sp³-hybridized carbons (Fsp3) is 0.595. The molecule has 0 radical (unpaired) electrons. The molecule has 6 atom stereocenters. The number of sulfonamides is 1. The van der Waals surface area contributed by atoms with Gasteiger partial charge in [0.15, 0.2) is 0 Å². The standard InChI is InChI=1S/C28H34FN3O3.C5H9NO2.C4H7NO3S.3H2/c1-17-5-3-4-6-20-13-24(20)31-27(34)25-15-22(16-32(25)26(33)12-18(2)11-17)35-28-23-14-21(29)8-7-19(23)9-10-30-28;1-5(2-3-5)8-4(6)7;6-3-5-9(7,8)4-1-2-4;;;/h4,6-10,14,17-18,20,22,24-25H,3,5,11-13,15-16H2,1-2H3,(H,31,34);2-3H2,1H3,(H2,6,7);3-4H,1-2H2,(H,5,6);3*1H/b6-4-;;;;;/t17-,18-,20-,22-,24-,25+;;;;;/m1...../s1. The number of carbonyl (C=O) groups excluding carboxylic acids is 4. The van der Waals surface area contributed by atoms with Gasteiger partial charge in [-0.15, -0.1) is 0 Å². The molecule has 0 bridgehead atoms. The van der Waals surface area contributed by atoms with Gasteiger partial charge in [0.1, 0.15) is 23.6 Å². The number of amides is 4. The smallest absolute Gasteiger partial charge is 0.405 e. The minimum atomic E-state index is -3.26. The van der Waals surface area contributed by atoms with Crippen LogP contribution in [0.5, 0.6) is 5.88 Å². The molecule has 15 heteroatoms. The lowest BCUT2D eigenvalue weighted by molar-refractivity contribution is -0.139. The number of carbonyl (C=O) groups is 4. The summed E-state index contributed by atoms with van der Waals surface area (Å²) in [6, 6.07) is 5.88. The Morgan fingerprint density at radius 2 is 1.88 bits per heavy atom. The Morgan fingerprint density at radius 1 is 1.13 bits per heavy atom. The van der Waals surface area contributed by atoms with E-state index in [1.54, 1.807) is 28.0 Å². The highest BCUT2D eigenvalue weighted by molar-refractivity contribution is 7.90. The molecule has 7 rings (SSSR count). The van der Waals surface area contributed by atoms with Gasteiger partial charge in [-0.1, -0.05) is 32.1 Å². The number of ether oxygens (including phenoxy) is 2. The van der Waals surface area contributed by atoms with Gasteiger partial charge in [-0.05, 0) is 99.6 Å². The van der Waals surface area contributed by atoms with Crippen molar-refractivity contribution in [2.24, 2.45) is 23.5 Å². The lowest BCUT2D eigenvalue weighted by Gasteiger charge is -2.25. The van der Waals surface area contributed by atoms with E-state index in [2.05, 4.69) is 41.0 Å². The van der Waals surface area contributed by atoms with E-state index in [0.29, 0.717) is 55.3 Å². The molecule has 2 aromatic rings. The number of hydrogen-bond acceptors (Lipinski definition) is 9. The summed E-state index contributed by atoms with van der Waals surface area (Å²) < 4.78 is 47.9. The Hall–Kier alpha value is -4.27. The number of hydrogen-bond donors (Lipinski definition) is 3. The SMILES string of the molecule is CC1(OC(N)=O)CC1.C[C@@H]1CC/C=C\[C@@H]2C[C@H]2NC(=O)[C@@H]2C[C@@H](Oc3nccc4ccc(F)cc34)CN2C(=O)C[C@H](C)C1.O=CNS(=O)(=O)C1CC1.[HH].[HH].[HH]. The largest absolute Gasteiger partial charge is 0.472 e. The van der Waals surface area contributed by atoms with Crippen LogP contribution in [0.25, 0.3) is 10.8 Å². The molecule has 3 saturated carbocycles. The van der Waals surface area contributed by atoms with Crippen LogP contribution >= 0.6 is 0 Å². The average molecular weight is 750 g/mol. The highest BCUT2D eigenvalue weighted by Crippen LogP contribution is 2.38. The van der Waals surface area contributed by atoms with Crippen LogP contribution in [0.1, 0.15) is 89.3 Å². The summed E-state index contributed by atoms with van der Waals surface area (Å²) in [5.74, 6) is 1.02. The molecule has 1 saturated heterocycles. The second-order valence-corrected chi connectivity index (χ2v) is 17.0. The number of halogens is 1. The predicted octanol–water partition coefficient (Wildman–Crippen LogP) is 5.23. The van der Waals surface area contributed by atoms with Crippen molar-refractivity contribution in [2.75, 3.05) is 6.54 Å². The Morgan fingerprint density at radius 3 is 2.54 bits per heavy atom. The summed E-state index contributed by atoms with van der Waals surface area (Å²) in [7, 11) is -3.26. The first kappa shape index (κ1) is 38.9. The summed E-state index contributed by atoms with van der Waals surface area (Å²) in [6.07, 6.45) is 13.4. The van der Waals surface area contributed by atoms with Crippen LogP contribution in [0.3, 0.4) is 0 Å². The molecule has 0 spiro atoms. The molecule has 3 aliphatic carbocycles. The summed E-state index contributed by atoms with van der Waals surface area (Å²) >= 11 is 0. The van der Waals surface area contributed by atoms with Crippen molar-refractivity contribution >= 4 is 45.1 Å². The van der Waals surface area contributed by atoms with Crippen molar-refractivity contribution < 1.29 is 45.7 Å². The van der Waals surface area contributed by atoms with E-state index in [1.807, 2.05) is 6.92 Å². The van der Waals surface area contributed by atoms with Crippen LogP contribution in [0.2, 0.25) is 0 Å². The number of nitrogens with zero attached hydrogens (tertiary/aromatic N) is 2. The van der Waals surface area contributed by atoms with Gasteiger partial charge in [0.05, 0.1) is 11.8 Å². The van der Waals surface area contributed by atoms with Crippen LogP contribution in [0, 0.1) is 23.6 Å². The Bertz CT molecular complexity index is 1780. The van der Waals surface area contributed by atoms with Crippen molar-refractivity contribution in [3.63, 3.8) is 0 Å². The normalized spacial score (nSPS) is 28.7. The van der Waals surface area contributed by atoms with Crippen LogP contribution in [0.15, 0.2) is 42.6 Å². The first-order valence-electron chi connectivity index (χ1n) is 18.1. The minimum Gasteiger partial charge on any atom is -0.472 e. The van der Waals surface area contributed by atoms with Gasteiger partial charge >= 0.3 is 6.09 Å². The second kappa shape index (κ2) is 16.6. The molecule has 52 heavy (non-hydrogen) atoms. The molecular weight excluding hydrogens is 693 g/mol. The van der Waals surface area contributed by atoms with E-state index in [0.717, 1.165) is 43.9 Å². The second-order valence-electron chi connectivity index (χ2n) is 15.0. The first-order valence-corrected chi connectivity index (χ1v) is 19.6. The Labute approximate surface area is 308 Å². The maximum absolute atomic E-state index is 13.9. The summed E-state index contributed by atoms with van der Waals surface area (Å²) in [4.78, 5) is 52.3. The summed E-state index contributed by atoms with van der Waals surface area (Å²) in [5, 5.41) is 4.26. The Balaban J connectivity index is 0.000000432. The number of nitrogens with one attached hydrogen (secondary N) is 2. The molecule has 2 aliphatic heterocycles. The molecule has 4 fully saturated rings. The zero-order valence-corrected chi connectivity index (χ0v) is 30.8. The molecule has 1 aromatic heterocycles. The quantitative estimate of drug-likeness (QED) is 0.263. The van der Waals surface area contributed by atoms with Crippen molar-refractivity contribution in [1.82, 2.24) is 19.9 Å². The zero-order valence-electron chi connectivity index (χ0n) is 30.0. The van der Waals surface area contributed by atoms with Crippen molar-refractivity contribution in [1.29, 1.82) is 0 Å². The number of fused-ring (bicyclic) bond motifs is 3. The van der Waals surface area contributed by atoms with E-state index < -0.39 is 22.2 Å². The van der Waals surface area contributed by atoms with E-state index in [9.17, 15) is 32.0 Å². The monoisotopic (exact) mass is 749 g/mol. The van der Waals surface area contributed by atoms with Gasteiger partial charge in [0.25, 0.3) is 0 Å². The third-order valence-corrected chi connectivity index (χ3v) is 11.8. The van der Waals surface area contributed by atoms with Gasteiger partial charge in [-0.2, -0.15) is 0 Å². The maximum atomic E-state index is 13.9. The number of aromatic nitrogens is 1. The molecule has 4 amide bonds. The molecule has 290 valence electrons. The molecule has 0 unspecified atom stereocenters. The molecule has 1 aromatic carbocycles. The molecular formula is C37H56FN5O8S. The zero-order chi connectivity index (χ0) is 37.6. The average Bonchev–Trinajstić information content (AvgIpc) is 4.00. The molecule has 3 heterocycles. The number of primary amides is 1. The minimum absolute atomic E-state index is 0. The van der Waals surface area contributed by atoms with Crippen molar-refractivity contribution in [2.45, 2.75) is 114 Å². The number of allylic oxidation sites excluding steroid dienone is 1. The van der Waals surface area contributed by atoms with Crippen LogP contribution in [0.4, 0.5) is 9.18 Å². The molecule has 13 nitrogen and oxygen atoms in total. The third kappa shape index (κ3) is 11.1. The third-order valence-electron chi connectivity index (χ3n) is 10.0. The lowest BCUT2D eigenvalue weighted by Crippen LogP contribution is -2.47. The van der Waals surface area contributed by atoms with Crippen molar-refractivity contribution in [3.05, 3.63) is 48.4 Å². The van der Waals surface area contributed by atoms with Gasteiger partial charge in [0, 0.05) is 34.7 Å². The fourth-order valence-corrected chi connectivity index (χ4v) is 7.75. The van der Waals surface area contributed by atoms with Gasteiger partial charge < -0.3 is 25.4 Å². The number of benzene rings is 1. The van der Waals surface area contributed by atoms with E-state index in [4.69, 9.17) is 10.5 Å². The number of nitrogens with two attached hydrogens (primary N) is 1. The Kier molecular flexibility index (Phi) is 12.4. The van der Waals surface area contributed by atoms with E-state index in [-0.39, 0.29) is 57.2 Å². The van der Waals surface area contributed by atoms with Crippen LogP contribution in [-0.4, -0.2) is 78.2 Å². The molecule has 4 N–H and O–H groups in total. The fourth-order valence-electron chi connectivity index (χ4n) is 6.66. The topological polar surface area (TPSA) is 187 Å². The summed E-state index contributed by atoms with van der Waals surface area (Å²) in [5.41, 5.74) is 4.55. The van der Waals surface area contributed by atoms with E-state index in [1.165, 1.54) is 12.1 Å². The summed E-state index contributed by atoms with van der Waals surface area (Å²) in [6.45, 7) is 6.56. The molecule has 5 aliphatic rings. The van der Waals surface area contributed by atoms with Crippen LogP contribution < -0.4 is 20.5 Å². The van der Waals surface area contributed by atoms with Crippen molar-refractivity contribution in [3.8, 4) is 5.88 Å². The van der Waals surface area contributed by atoms with Crippen LogP contribution in [-0.2, 0) is 29.1 Å². The number of rotatable bonds is 6. The van der Waals surface area contributed by atoms with Gasteiger partial charge in [0.2, 0.25) is 34.1 Å². The van der Waals surface area contributed by atoms with Gasteiger partial charge in [-0.3, -0.25) is 19.1 Å². The highest BCUT2D eigenvalue weighted by Gasteiger charge is 2.44. The highest BCUT2D eigenvalue weighted by atomic mass is 32.2. The maximum Gasteiger partial charge on any atom is 0.405 e. The van der Waals surface area contributed by atoms with E-state index >= 15 is 0 Å². The first-order chi connectivity index (χ1) is 24.7. The predicted molar refractivity (Wildman–Crippen MR) is 198 cm³/mol. The number of pyridine rings is 1. The van der Waals surface area contributed by atoms with Gasteiger partial charge in [-0.25, -0.2) is 22.6 Å². The lowest BCUT2D eigenvalue weighted by atomic mass is 9.91.